The molecule has 0 bridgehead atoms. The Bertz CT molecular complexity index is 388. The van der Waals surface area contributed by atoms with Gasteiger partial charge in [0.2, 0.25) is 0 Å². The predicted molar refractivity (Wildman–Crippen MR) is 74.4 cm³/mol. The van der Waals surface area contributed by atoms with Gasteiger partial charge in [0.1, 0.15) is 5.82 Å². The number of nitrogens with zero attached hydrogens (tertiary/aromatic N) is 4. The largest absolute Gasteiger partial charge is 0.334 e. The number of rotatable bonds is 5. The molecular weight excluding hydrogens is 224 g/mol. The summed E-state index contributed by atoms with van der Waals surface area (Å²) in [6.45, 7) is 15.8. The van der Waals surface area contributed by atoms with Gasteiger partial charge in [0.15, 0.2) is 0 Å². The summed E-state index contributed by atoms with van der Waals surface area (Å²) in [6, 6.07) is 0. The molecule has 0 radical (unpaired) electrons. The van der Waals surface area contributed by atoms with Crippen molar-refractivity contribution in [2.45, 2.75) is 26.9 Å². The molecule has 100 valence electrons. The van der Waals surface area contributed by atoms with Crippen LogP contribution in [0, 0.1) is 0 Å². The van der Waals surface area contributed by atoms with E-state index in [0.717, 1.165) is 45.8 Å². The Morgan fingerprint density at radius 1 is 1.28 bits per heavy atom. The number of imidazole rings is 1. The van der Waals surface area contributed by atoms with Crippen molar-refractivity contribution >= 4 is 0 Å². The lowest BCUT2D eigenvalue weighted by Crippen LogP contribution is -2.46. The number of aryl methyl sites for hydroxylation is 1. The second kappa shape index (κ2) is 6.16. The molecule has 2 rings (SSSR count). The van der Waals surface area contributed by atoms with Crippen LogP contribution in [0.4, 0.5) is 0 Å². The summed E-state index contributed by atoms with van der Waals surface area (Å²) in [4.78, 5) is 9.41. The van der Waals surface area contributed by atoms with Crippen LogP contribution in [-0.2, 0) is 13.1 Å². The first-order valence-electron chi connectivity index (χ1n) is 6.78. The monoisotopic (exact) mass is 248 g/mol. The molecule has 2 heterocycles. The first kappa shape index (κ1) is 13.3. The van der Waals surface area contributed by atoms with E-state index in [1.165, 1.54) is 11.4 Å². The molecule has 0 amide bonds. The molecule has 18 heavy (non-hydrogen) atoms. The van der Waals surface area contributed by atoms with Crippen molar-refractivity contribution in [3.8, 4) is 0 Å². The smallest absolute Gasteiger partial charge is 0.122 e. The van der Waals surface area contributed by atoms with Gasteiger partial charge in [-0.2, -0.15) is 0 Å². The molecule has 1 aromatic rings. The summed E-state index contributed by atoms with van der Waals surface area (Å²) in [7, 11) is 0. The summed E-state index contributed by atoms with van der Waals surface area (Å²) in [6.07, 6.45) is 3.96. The molecule has 1 aliphatic rings. The van der Waals surface area contributed by atoms with Crippen molar-refractivity contribution in [1.29, 1.82) is 0 Å². The van der Waals surface area contributed by atoms with Crippen molar-refractivity contribution in [2.24, 2.45) is 0 Å². The van der Waals surface area contributed by atoms with Crippen molar-refractivity contribution in [1.82, 2.24) is 19.4 Å². The highest BCUT2D eigenvalue weighted by atomic mass is 15.3. The fourth-order valence-corrected chi connectivity index (χ4v) is 2.47. The van der Waals surface area contributed by atoms with E-state index < -0.39 is 0 Å². The van der Waals surface area contributed by atoms with Gasteiger partial charge in [-0.15, -0.1) is 0 Å². The Labute approximate surface area is 110 Å². The van der Waals surface area contributed by atoms with Crippen molar-refractivity contribution < 1.29 is 0 Å². The highest BCUT2D eigenvalue weighted by Crippen LogP contribution is 2.08. The fourth-order valence-electron chi connectivity index (χ4n) is 2.47. The Kier molecular flexibility index (Phi) is 4.55. The molecule has 0 N–H and O–H groups in total. The first-order chi connectivity index (χ1) is 8.69. The Balaban J connectivity index is 1.81. The molecule has 4 heteroatoms. The molecule has 4 nitrogen and oxygen atoms in total. The second-order valence-corrected chi connectivity index (χ2v) is 5.14. The van der Waals surface area contributed by atoms with Gasteiger partial charge in [-0.05, 0) is 13.8 Å². The summed E-state index contributed by atoms with van der Waals surface area (Å²) < 4.78 is 2.22. The van der Waals surface area contributed by atoms with Gasteiger partial charge in [-0.1, -0.05) is 12.2 Å². The van der Waals surface area contributed by atoms with Crippen molar-refractivity contribution in [2.75, 3.05) is 32.7 Å². The molecule has 0 saturated carbocycles. The molecule has 1 saturated heterocycles. The number of hydrogen-bond acceptors (Lipinski definition) is 3. The highest BCUT2D eigenvalue weighted by Gasteiger charge is 2.17. The minimum atomic E-state index is 0.974. The normalized spacial score (nSPS) is 18.1. The number of piperazine rings is 1. The molecule has 1 aromatic heterocycles. The quantitative estimate of drug-likeness (QED) is 0.740. The third kappa shape index (κ3) is 3.43. The summed E-state index contributed by atoms with van der Waals surface area (Å²) >= 11 is 0. The fraction of sp³-hybridized carbons (Fsp3) is 0.643. The van der Waals surface area contributed by atoms with Crippen LogP contribution in [0.1, 0.15) is 19.7 Å². The zero-order chi connectivity index (χ0) is 13.0. The third-order valence-corrected chi connectivity index (χ3v) is 3.47. The molecule has 1 aliphatic heterocycles. The second-order valence-electron chi connectivity index (χ2n) is 5.14. The van der Waals surface area contributed by atoms with Crippen molar-refractivity contribution in [3.05, 3.63) is 30.4 Å². The average molecular weight is 248 g/mol. The Hall–Kier alpha value is -1.13. The van der Waals surface area contributed by atoms with Crippen LogP contribution in [0.15, 0.2) is 24.5 Å². The summed E-state index contributed by atoms with van der Waals surface area (Å²) in [5, 5.41) is 0. The maximum atomic E-state index is 4.44. The summed E-state index contributed by atoms with van der Waals surface area (Å²) in [5.74, 6) is 1.19. The van der Waals surface area contributed by atoms with E-state index in [9.17, 15) is 0 Å². The zero-order valence-electron chi connectivity index (χ0n) is 11.6. The molecule has 0 aromatic carbocycles. The van der Waals surface area contributed by atoms with Gasteiger partial charge in [-0.25, -0.2) is 4.98 Å². The maximum absolute atomic E-state index is 4.44. The van der Waals surface area contributed by atoms with Crippen LogP contribution in [-0.4, -0.2) is 52.1 Å². The standard InChI is InChI=1S/C14H24N4/c1-4-18-6-5-15-14(18)12-17-9-7-16(8-10-17)11-13(2)3/h5-6H,2,4,7-12H2,1,3H3. The van der Waals surface area contributed by atoms with Crippen LogP contribution in [0.5, 0.6) is 0 Å². The minimum Gasteiger partial charge on any atom is -0.334 e. The third-order valence-electron chi connectivity index (χ3n) is 3.47. The Morgan fingerprint density at radius 3 is 2.56 bits per heavy atom. The average Bonchev–Trinajstić information content (AvgIpc) is 2.78. The van der Waals surface area contributed by atoms with Gasteiger partial charge in [-0.3, -0.25) is 9.80 Å². The van der Waals surface area contributed by atoms with Gasteiger partial charge in [0.05, 0.1) is 6.54 Å². The topological polar surface area (TPSA) is 24.3 Å². The number of aromatic nitrogens is 2. The molecule has 0 spiro atoms. The molecule has 0 aliphatic carbocycles. The van der Waals surface area contributed by atoms with Crippen LogP contribution in [0.2, 0.25) is 0 Å². The zero-order valence-corrected chi connectivity index (χ0v) is 11.6. The lowest BCUT2D eigenvalue weighted by atomic mass is 10.2. The number of hydrogen-bond donors (Lipinski definition) is 0. The van der Waals surface area contributed by atoms with Crippen molar-refractivity contribution in [3.63, 3.8) is 0 Å². The molecular formula is C14H24N4. The molecule has 0 unspecified atom stereocenters. The van der Waals surface area contributed by atoms with E-state index in [1.54, 1.807) is 0 Å². The van der Waals surface area contributed by atoms with E-state index in [1.807, 2.05) is 6.20 Å². The Morgan fingerprint density at radius 2 is 1.94 bits per heavy atom. The predicted octanol–water partition coefficient (Wildman–Crippen LogP) is 1.60. The first-order valence-corrected chi connectivity index (χ1v) is 6.78. The van der Waals surface area contributed by atoms with E-state index in [4.69, 9.17) is 0 Å². The summed E-state index contributed by atoms with van der Waals surface area (Å²) in [5.41, 5.74) is 1.25. The lowest BCUT2D eigenvalue weighted by molar-refractivity contribution is 0.131. The van der Waals surface area contributed by atoms with E-state index in [-0.39, 0.29) is 0 Å². The van der Waals surface area contributed by atoms with E-state index in [2.05, 4.69) is 46.0 Å². The molecule has 1 fully saturated rings. The van der Waals surface area contributed by atoms with Crippen LogP contribution >= 0.6 is 0 Å². The van der Waals surface area contributed by atoms with Gasteiger partial charge < -0.3 is 4.57 Å². The van der Waals surface area contributed by atoms with Crippen LogP contribution < -0.4 is 0 Å². The SMILES string of the molecule is C=C(C)CN1CCN(Cc2nccn2CC)CC1. The van der Waals surface area contributed by atoms with Gasteiger partial charge in [0.25, 0.3) is 0 Å². The van der Waals surface area contributed by atoms with Crippen LogP contribution in [0.3, 0.4) is 0 Å². The van der Waals surface area contributed by atoms with E-state index in [0.29, 0.717) is 0 Å². The van der Waals surface area contributed by atoms with Gasteiger partial charge >= 0.3 is 0 Å². The molecule has 0 atom stereocenters. The highest BCUT2D eigenvalue weighted by molar-refractivity contribution is 4.95. The van der Waals surface area contributed by atoms with E-state index >= 15 is 0 Å². The minimum absolute atomic E-state index is 0.974. The lowest BCUT2D eigenvalue weighted by Gasteiger charge is -2.34. The van der Waals surface area contributed by atoms with Gasteiger partial charge in [0, 0.05) is 51.7 Å². The maximum Gasteiger partial charge on any atom is 0.122 e. The van der Waals surface area contributed by atoms with Crippen LogP contribution in [0.25, 0.3) is 0 Å².